The van der Waals surface area contributed by atoms with Crippen molar-refractivity contribution in [3.63, 3.8) is 0 Å². The number of likely N-dealkylation sites (N-methyl/N-ethyl adjacent to an activating group) is 1. The van der Waals surface area contributed by atoms with Crippen LogP contribution >= 0.6 is 0 Å². The third-order valence-corrected chi connectivity index (χ3v) is 8.00. The molecule has 5 atom stereocenters. The van der Waals surface area contributed by atoms with Crippen LogP contribution < -0.4 is 11.1 Å². The molecule has 0 aromatic rings. The van der Waals surface area contributed by atoms with Crippen molar-refractivity contribution < 1.29 is 15.0 Å². The van der Waals surface area contributed by atoms with E-state index in [1.54, 1.807) is 0 Å². The number of carboxylic acids is 1. The van der Waals surface area contributed by atoms with Crippen molar-refractivity contribution in [1.29, 1.82) is 0 Å². The zero-order valence-corrected chi connectivity index (χ0v) is 16.8. The SMILES string of the molecule is CNCCN=C(N)N1C=CC[C@@]2(C1)[C@@H]1CC[C@@H](C)[C@]23C[C@H](O)C(C(=O)O)=C3C1. The van der Waals surface area contributed by atoms with Gasteiger partial charge < -0.3 is 26.2 Å². The molecule has 154 valence electrons. The number of carboxylic acid groups (broad SMARTS) is 1. The van der Waals surface area contributed by atoms with Crippen molar-refractivity contribution in [3.05, 3.63) is 23.4 Å². The van der Waals surface area contributed by atoms with Crippen LogP contribution in [0.3, 0.4) is 0 Å². The Balaban J connectivity index is 1.75. The summed E-state index contributed by atoms with van der Waals surface area (Å²) >= 11 is 0. The highest BCUT2D eigenvalue weighted by Gasteiger charge is 2.70. The third-order valence-electron chi connectivity index (χ3n) is 8.00. The monoisotopic (exact) mass is 388 g/mol. The largest absolute Gasteiger partial charge is 0.478 e. The molecule has 0 aromatic heterocycles. The maximum Gasteiger partial charge on any atom is 0.334 e. The molecule has 7 heteroatoms. The summed E-state index contributed by atoms with van der Waals surface area (Å²) in [5.74, 6) is 0.342. The number of hydrogen-bond donors (Lipinski definition) is 4. The smallest absolute Gasteiger partial charge is 0.334 e. The molecule has 0 radical (unpaired) electrons. The summed E-state index contributed by atoms with van der Waals surface area (Å²) in [5.41, 5.74) is 7.25. The molecule has 0 aromatic carbocycles. The van der Waals surface area contributed by atoms with Crippen LogP contribution in [-0.4, -0.2) is 59.8 Å². The maximum absolute atomic E-state index is 11.9. The summed E-state index contributed by atoms with van der Waals surface area (Å²) in [4.78, 5) is 18.5. The Morgan fingerprint density at radius 1 is 1.46 bits per heavy atom. The van der Waals surface area contributed by atoms with E-state index in [1.807, 2.05) is 18.1 Å². The number of nitrogens with two attached hydrogens (primary N) is 1. The molecule has 0 saturated heterocycles. The minimum Gasteiger partial charge on any atom is -0.478 e. The summed E-state index contributed by atoms with van der Waals surface area (Å²) in [6, 6.07) is 0. The lowest BCUT2D eigenvalue weighted by atomic mass is 9.49. The van der Waals surface area contributed by atoms with E-state index in [9.17, 15) is 15.0 Å². The van der Waals surface area contributed by atoms with Crippen LogP contribution in [0.4, 0.5) is 0 Å². The molecule has 2 bridgehead atoms. The molecule has 5 N–H and O–H groups in total. The lowest BCUT2D eigenvalue weighted by Gasteiger charge is -2.57. The van der Waals surface area contributed by atoms with E-state index in [0.717, 1.165) is 44.3 Å². The Labute approximate surface area is 166 Å². The summed E-state index contributed by atoms with van der Waals surface area (Å²) in [7, 11) is 1.89. The van der Waals surface area contributed by atoms with Gasteiger partial charge in [0.1, 0.15) is 0 Å². The highest BCUT2D eigenvalue weighted by atomic mass is 16.4. The first-order chi connectivity index (χ1) is 13.4. The molecular formula is C21H32N4O3. The van der Waals surface area contributed by atoms with Crippen molar-refractivity contribution >= 4 is 11.9 Å². The van der Waals surface area contributed by atoms with E-state index in [-0.39, 0.29) is 16.4 Å². The molecule has 4 rings (SSSR count). The molecule has 0 unspecified atom stereocenters. The molecule has 2 saturated carbocycles. The van der Waals surface area contributed by atoms with Crippen LogP contribution in [0, 0.1) is 22.7 Å². The van der Waals surface area contributed by atoms with Gasteiger partial charge in [-0.2, -0.15) is 0 Å². The highest BCUT2D eigenvalue weighted by Crippen LogP contribution is 2.74. The number of rotatable bonds is 4. The van der Waals surface area contributed by atoms with Crippen molar-refractivity contribution in [3.8, 4) is 0 Å². The second-order valence-electron chi connectivity index (χ2n) is 8.98. The number of aliphatic hydroxyl groups is 1. The minimum atomic E-state index is -0.953. The Morgan fingerprint density at radius 3 is 2.96 bits per heavy atom. The molecule has 1 aliphatic heterocycles. The topological polar surface area (TPSA) is 111 Å². The van der Waals surface area contributed by atoms with Crippen LogP contribution in [0.25, 0.3) is 0 Å². The van der Waals surface area contributed by atoms with Crippen LogP contribution in [0.5, 0.6) is 0 Å². The molecule has 28 heavy (non-hydrogen) atoms. The zero-order valence-electron chi connectivity index (χ0n) is 16.8. The van der Waals surface area contributed by atoms with E-state index in [0.29, 0.717) is 30.8 Å². The molecule has 3 aliphatic carbocycles. The van der Waals surface area contributed by atoms with Gasteiger partial charge >= 0.3 is 5.97 Å². The average molecular weight is 389 g/mol. The Morgan fingerprint density at radius 2 is 2.25 bits per heavy atom. The first-order valence-corrected chi connectivity index (χ1v) is 10.4. The number of carbonyl (C=O) groups is 1. The van der Waals surface area contributed by atoms with E-state index in [1.165, 1.54) is 0 Å². The standard InChI is InChI=1S/C21H32N4O3/c1-13-4-5-14-10-15-17(18(27)28)16(26)11-21(13,15)20(14)6-3-9-25(12-20)19(22)24-8-7-23-2/h3,9,13-14,16,23,26H,4-8,10-12H2,1-2H3,(H2,22,24)(H,27,28)/t13-,14-,16+,20-,21+/m1/s1. The average Bonchev–Trinajstić information content (AvgIpc) is 3.02. The number of aliphatic carboxylic acids is 1. The van der Waals surface area contributed by atoms with Gasteiger partial charge in [0.05, 0.1) is 18.2 Å². The van der Waals surface area contributed by atoms with Crippen molar-refractivity contribution in [2.24, 2.45) is 33.4 Å². The van der Waals surface area contributed by atoms with Crippen LogP contribution in [0.1, 0.15) is 39.0 Å². The molecular weight excluding hydrogens is 356 g/mol. The van der Waals surface area contributed by atoms with Gasteiger partial charge in [-0.1, -0.05) is 13.0 Å². The summed E-state index contributed by atoms with van der Waals surface area (Å²) < 4.78 is 0. The van der Waals surface area contributed by atoms with Gasteiger partial charge in [-0.15, -0.1) is 0 Å². The fourth-order valence-corrected chi connectivity index (χ4v) is 6.87. The third kappa shape index (κ3) is 2.48. The van der Waals surface area contributed by atoms with Gasteiger partial charge in [0, 0.05) is 30.1 Å². The lowest BCUT2D eigenvalue weighted by molar-refractivity contribution is -0.133. The predicted octanol–water partition coefficient (Wildman–Crippen LogP) is 1.31. The summed E-state index contributed by atoms with van der Waals surface area (Å²) in [5, 5.41) is 23.6. The van der Waals surface area contributed by atoms with Gasteiger partial charge in [0.15, 0.2) is 5.96 Å². The minimum absolute atomic E-state index is 0.0872. The van der Waals surface area contributed by atoms with E-state index >= 15 is 0 Å². The van der Waals surface area contributed by atoms with Gasteiger partial charge in [-0.25, -0.2) is 4.79 Å². The second kappa shape index (κ2) is 6.88. The first-order valence-electron chi connectivity index (χ1n) is 10.4. The molecule has 0 amide bonds. The zero-order chi connectivity index (χ0) is 20.1. The maximum atomic E-state index is 11.9. The second-order valence-corrected chi connectivity index (χ2v) is 8.98. The van der Waals surface area contributed by atoms with Crippen molar-refractivity contribution in [2.45, 2.75) is 45.1 Å². The van der Waals surface area contributed by atoms with Gasteiger partial charge in [0.2, 0.25) is 0 Å². The van der Waals surface area contributed by atoms with E-state index in [2.05, 4.69) is 23.3 Å². The Kier molecular flexibility index (Phi) is 4.78. The number of aliphatic imine (C=N–C) groups is 1. The van der Waals surface area contributed by atoms with E-state index in [4.69, 9.17) is 5.73 Å². The van der Waals surface area contributed by atoms with Gasteiger partial charge in [-0.05, 0) is 56.6 Å². The molecule has 2 spiro atoms. The normalized spacial score (nSPS) is 39.8. The number of nitrogens with zero attached hydrogens (tertiary/aromatic N) is 2. The van der Waals surface area contributed by atoms with Gasteiger partial charge in [0.25, 0.3) is 0 Å². The van der Waals surface area contributed by atoms with Crippen LogP contribution in [0.2, 0.25) is 0 Å². The Hall–Kier alpha value is -1.86. The molecule has 2 fully saturated rings. The summed E-state index contributed by atoms with van der Waals surface area (Å²) in [6.45, 7) is 4.38. The molecule has 7 nitrogen and oxygen atoms in total. The van der Waals surface area contributed by atoms with Crippen LogP contribution in [-0.2, 0) is 4.79 Å². The number of aliphatic hydroxyl groups excluding tert-OH is 1. The van der Waals surface area contributed by atoms with Crippen LogP contribution in [0.15, 0.2) is 28.4 Å². The number of guanidine groups is 1. The number of hydrogen-bond acceptors (Lipinski definition) is 4. The quantitative estimate of drug-likeness (QED) is 0.328. The number of allylic oxidation sites excluding steroid dienone is 2. The molecule has 4 aliphatic rings. The van der Waals surface area contributed by atoms with E-state index < -0.39 is 12.1 Å². The van der Waals surface area contributed by atoms with Crippen molar-refractivity contribution in [1.82, 2.24) is 10.2 Å². The fraction of sp³-hybridized carbons (Fsp3) is 0.714. The number of nitrogens with one attached hydrogen (secondary N) is 1. The Bertz CT molecular complexity index is 761. The van der Waals surface area contributed by atoms with Crippen molar-refractivity contribution in [2.75, 3.05) is 26.7 Å². The fourth-order valence-electron chi connectivity index (χ4n) is 6.87. The first kappa shape index (κ1) is 19.5. The summed E-state index contributed by atoms with van der Waals surface area (Å²) in [6.07, 6.45) is 7.74. The molecule has 1 heterocycles. The van der Waals surface area contributed by atoms with Gasteiger partial charge in [-0.3, -0.25) is 4.99 Å². The lowest BCUT2D eigenvalue weighted by Crippen LogP contribution is -2.57. The predicted molar refractivity (Wildman–Crippen MR) is 108 cm³/mol. The highest BCUT2D eigenvalue weighted by molar-refractivity contribution is 5.90.